The summed E-state index contributed by atoms with van der Waals surface area (Å²) in [5, 5.41) is 3.09. The molecule has 4 nitrogen and oxygen atoms in total. The number of hydrogen-bond donors (Lipinski definition) is 2. The lowest BCUT2D eigenvalue weighted by Crippen LogP contribution is -2.28. The van der Waals surface area contributed by atoms with Crippen LogP contribution in [0.15, 0.2) is 18.3 Å². The van der Waals surface area contributed by atoms with Crippen molar-refractivity contribution in [2.75, 3.05) is 5.73 Å². The Morgan fingerprint density at radius 3 is 2.71 bits per heavy atom. The normalized spacial score (nSPS) is 16.0. The van der Waals surface area contributed by atoms with Crippen molar-refractivity contribution in [2.45, 2.75) is 45.7 Å². The van der Waals surface area contributed by atoms with Gasteiger partial charge in [0.25, 0.3) is 5.91 Å². The Morgan fingerprint density at radius 2 is 2.14 bits per heavy atom. The fourth-order valence-electron chi connectivity index (χ4n) is 2.77. The third-order valence-electron chi connectivity index (χ3n) is 3.94. The molecule has 112 valence electrons. The number of aromatic nitrogens is 1. The van der Waals surface area contributed by atoms with Crippen molar-refractivity contribution in [3.63, 3.8) is 0 Å². The van der Waals surface area contributed by atoms with Gasteiger partial charge in [-0.25, -0.2) is 0 Å². The Balaban J connectivity index is 1.78. The van der Waals surface area contributed by atoms with E-state index in [2.05, 4.69) is 25.2 Å². The number of rotatable bonds is 4. The first-order chi connectivity index (χ1) is 9.95. The molecule has 5 heteroatoms. The highest BCUT2D eigenvalue weighted by molar-refractivity contribution is 7.12. The molecule has 1 aliphatic rings. The summed E-state index contributed by atoms with van der Waals surface area (Å²) in [4.78, 5) is 15.1. The molecule has 3 rings (SSSR count). The summed E-state index contributed by atoms with van der Waals surface area (Å²) in [6.07, 6.45) is 4.14. The van der Waals surface area contributed by atoms with Crippen molar-refractivity contribution in [1.29, 1.82) is 0 Å². The molecule has 0 spiro atoms. The van der Waals surface area contributed by atoms with Crippen molar-refractivity contribution in [2.24, 2.45) is 0 Å². The van der Waals surface area contributed by atoms with Crippen LogP contribution in [-0.2, 0) is 0 Å². The molecule has 1 atom stereocenters. The third-order valence-corrected chi connectivity index (χ3v) is 4.92. The van der Waals surface area contributed by atoms with E-state index in [9.17, 15) is 4.79 Å². The lowest BCUT2D eigenvalue weighted by molar-refractivity contribution is 0.0930. The summed E-state index contributed by atoms with van der Waals surface area (Å²) in [7, 11) is 0. The molecule has 3 N–H and O–H groups in total. The number of carbonyl (C=O) groups excluding carboxylic acids is 1. The van der Waals surface area contributed by atoms with Crippen molar-refractivity contribution in [3.8, 4) is 0 Å². The van der Waals surface area contributed by atoms with Crippen LogP contribution in [0.5, 0.6) is 0 Å². The summed E-state index contributed by atoms with van der Waals surface area (Å²) in [5.41, 5.74) is 8.38. The van der Waals surface area contributed by atoms with E-state index in [1.165, 1.54) is 15.3 Å². The van der Waals surface area contributed by atoms with Gasteiger partial charge in [0, 0.05) is 22.0 Å². The Hall–Kier alpha value is -1.75. The quantitative estimate of drug-likeness (QED) is 0.907. The number of nitrogens with zero attached hydrogens (tertiary/aromatic N) is 1. The predicted molar refractivity (Wildman–Crippen MR) is 86.8 cm³/mol. The number of carbonyl (C=O) groups is 1. The van der Waals surface area contributed by atoms with E-state index in [1.807, 2.05) is 17.7 Å². The Bertz CT molecular complexity index is 682. The molecule has 0 aromatic carbocycles. The van der Waals surface area contributed by atoms with Gasteiger partial charge in [-0.15, -0.1) is 11.3 Å². The van der Waals surface area contributed by atoms with Gasteiger partial charge in [-0.2, -0.15) is 0 Å². The Morgan fingerprint density at radius 1 is 1.43 bits per heavy atom. The summed E-state index contributed by atoms with van der Waals surface area (Å²) in [6.45, 7) is 6.22. The molecule has 0 aliphatic heterocycles. The standard InChI is InChI=1S/C16H21N3OS/c1-9-6-14(11(3)21-9)10(2)18-16(20)15-7-12(17)8-19(15)13-4-5-13/h6-8,10,13H,4-5,17H2,1-3H3,(H,18,20). The van der Waals surface area contributed by atoms with E-state index in [4.69, 9.17) is 5.73 Å². The molecule has 1 amide bonds. The summed E-state index contributed by atoms with van der Waals surface area (Å²) in [5.74, 6) is -0.0469. The van der Waals surface area contributed by atoms with Crippen LogP contribution in [0.2, 0.25) is 0 Å². The van der Waals surface area contributed by atoms with Gasteiger partial charge in [0.1, 0.15) is 5.69 Å². The molecule has 1 saturated carbocycles. The average Bonchev–Trinajstić information content (AvgIpc) is 3.09. The van der Waals surface area contributed by atoms with Crippen LogP contribution >= 0.6 is 11.3 Å². The van der Waals surface area contributed by atoms with Crippen molar-refractivity contribution >= 4 is 22.9 Å². The fraction of sp³-hybridized carbons (Fsp3) is 0.438. The average molecular weight is 303 g/mol. The molecule has 2 aromatic rings. The van der Waals surface area contributed by atoms with Gasteiger partial charge < -0.3 is 15.6 Å². The van der Waals surface area contributed by atoms with Crippen LogP contribution in [0.25, 0.3) is 0 Å². The first-order valence-electron chi connectivity index (χ1n) is 7.31. The molecule has 2 aromatic heterocycles. The minimum Gasteiger partial charge on any atom is -0.397 e. The first-order valence-corrected chi connectivity index (χ1v) is 8.12. The second kappa shape index (κ2) is 5.22. The minimum absolute atomic E-state index is 0.00577. The molecule has 2 heterocycles. The van der Waals surface area contributed by atoms with E-state index in [1.54, 1.807) is 17.4 Å². The van der Waals surface area contributed by atoms with Crippen LogP contribution < -0.4 is 11.1 Å². The molecular formula is C16H21N3OS. The highest BCUT2D eigenvalue weighted by atomic mass is 32.1. The van der Waals surface area contributed by atoms with Crippen LogP contribution in [0.1, 0.15) is 57.7 Å². The van der Waals surface area contributed by atoms with Crippen LogP contribution in [-0.4, -0.2) is 10.5 Å². The summed E-state index contributed by atoms with van der Waals surface area (Å²) in [6, 6.07) is 4.38. The first kappa shape index (κ1) is 14.2. The van der Waals surface area contributed by atoms with Crippen LogP contribution in [0.4, 0.5) is 5.69 Å². The SMILES string of the molecule is Cc1cc(C(C)NC(=O)c2cc(N)cn2C2CC2)c(C)s1. The predicted octanol–water partition coefficient (Wildman–Crippen LogP) is 3.57. The molecule has 0 bridgehead atoms. The van der Waals surface area contributed by atoms with E-state index < -0.39 is 0 Å². The van der Waals surface area contributed by atoms with E-state index in [0.29, 0.717) is 17.4 Å². The number of amides is 1. The van der Waals surface area contributed by atoms with Crippen molar-refractivity contribution in [1.82, 2.24) is 9.88 Å². The second-order valence-corrected chi connectivity index (χ2v) is 7.32. The summed E-state index contributed by atoms with van der Waals surface area (Å²) >= 11 is 1.77. The van der Waals surface area contributed by atoms with Gasteiger partial charge in [-0.3, -0.25) is 4.79 Å². The van der Waals surface area contributed by atoms with Crippen molar-refractivity contribution < 1.29 is 4.79 Å². The van der Waals surface area contributed by atoms with Gasteiger partial charge in [-0.05, 0) is 51.3 Å². The lowest BCUT2D eigenvalue weighted by atomic mass is 10.1. The molecule has 1 unspecified atom stereocenters. The number of thiophene rings is 1. The van der Waals surface area contributed by atoms with Crippen LogP contribution in [0.3, 0.4) is 0 Å². The van der Waals surface area contributed by atoms with Gasteiger partial charge >= 0.3 is 0 Å². The summed E-state index contributed by atoms with van der Waals surface area (Å²) < 4.78 is 2.02. The number of anilines is 1. The number of nitrogens with one attached hydrogen (secondary N) is 1. The maximum absolute atomic E-state index is 12.5. The van der Waals surface area contributed by atoms with E-state index >= 15 is 0 Å². The van der Waals surface area contributed by atoms with E-state index in [0.717, 1.165) is 12.8 Å². The third kappa shape index (κ3) is 2.83. The van der Waals surface area contributed by atoms with Gasteiger partial charge in [0.2, 0.25) is 0 Å². The topological polar surface area (TPSA) is 60.1 Å². The maximum Gasteiger partial charge on any atom is 0.268 e. The molecular weight excluding hydrogens is 282 g/mol. The minimum atomic E-state index is -0.0469. The Kier molecular flexibility index (Phi) is 3.53. The largest absolute Gasteiger partial charge is 0.397 e. The Labute approximate surface area is 129 Å². The zero-order valence-corrected chi connectivity index (χ0v) is 13.5. The number of aryl methyl sites for hydroxylation is 2. The number of nitrogens with two attached hydrogens (primary N) is 1. The monoisotopic (exact) mass is 303 g/mol. The highest BCUT2D eigenvalue weighted by Gasteiger charge is 2.28. The van der Waals surface area contributed by atoms with E-state index in [-0.39, 0.29) is 11.9 Å². The second-order valence-electron chi connectivity index (χ2n) is 5.86. The maximum atomic E-state index is 12.5. The highest BCUT2D eigenvalue weighted by Crippen LogP contribution is 2.37. The van der Waals surface area contributed by atoms with Crippen LogP contribution in [0, 0.1) is 13.8 Å². The molecule has 0 radical (unpaired) electrons. The fourth-order valence-corrected chi connectivity index (χ4v) is 3.79. The number of nitrogen functional groups attached to an aromatic ring is 1. The zero-order valence-electron chi connectivity index (χ0n) is 12.6. The molecule has 1 aliphatic carbocycles. The lowest BCUT2D eigenvalue weighted by Gasteiger charge is -2.15. The molecule has 0 saturated heterocycles. The number of hydrogen-bond acceptors (Lipinski definition) is 3. The zero-order chi connectivity index (χ0) is 15.1. The van der Waals surface area contributed by atoms with Crippen molar-refractivity contribution in [3.05, 3.63) is 39.3 Å². The van der Waals surface area contributed by atoms with Gasteiger partial charge in [-0.1, -0.05) is 0 Å². The van der Waals surface area contributed by atoms with Gasteiger partial charge in [0.15, 0.2) is 0 Å². The molecule has 21 heavy (non-hydrogen) atoms. The molecule has 1 fully saturated rings. The smallest absolute Gasteiger partial charge is 0.268 e. The van der Waals surface area contributed by atoms with Gasteiger partial charge in [0.05, 0.1) is 11.7 Å².